The van der Waals surface area contributed by atoms with Crippen LogP contribution in [-0.2, 0) is 13.5 Å². The number of anilines is 1. The molecule has 80 valence electrons. The van der Waals surface area contributed by atoms with Gasteiger partial charge in [0.1, 0.15) is 0 Å². The molecule has 0 aromatic carbocycles. The van der Waals surface area contributed by atoms with Crippen LogP contribution in [0.25, 0.3) is 0 Å². The molecule has 0 aliphatic carbocycles. The Morgan fingerprint density at radius 2 is 2.40 bits per heavy atom. The van der Waals surface area contributed by atoms with E-state index in [4.69, 9.17) is 0 Å². The summed E-state index contributed by atoms with van der Waals surface area (Å²) in [6.45, 7) is 2.94. The number of hydrogen-bond donors (Lipinski definition) is 1. The van der Waals surface area contributed by atoms with Crippen LogP contribution in [0.15, 0.2) is 23.0 Å². The number of nitrogens with one attached hydrogen (secondary N) is 1. The summed E-state index contributed by atoms with van der Waals surface area (Å²) in [5.74, 6) is 0.947. The van der Waals surface area contributed by atoms with Crippen molar-refractivity contribution in [3.63, 3.8) is 0 Å². The Morgan fingerprint density at radius 3 is 3.00 bits per heavy atom. The van der Waals surface area contributed by atoms with E-state index < -0.39 is 0 Å². The van der Waals surface area contributed by atoms with Crippen LogP contribution in [-0.4, -0.2) is 16.1 Å². The Morgan fingerprint density at radius 1 is 1.53 bits per heavy atom. The van der Waals surface area contributed by atoms with Crippen molar-refractivity contribution in [2.24, 2.45) is 7.05 Å². The van der Waals surface area contributed by atoms with Gasteiger partial charge in [0, 0.05) is 19.8 Å². The van der Waals surface area contributed by atoms with Gasteiger partial charge in [-0.25, -0.2) is 4.98 Å². The third kappa shape index (κ3) is 2.59. The maximum Gasteiger partial charge on any atom is 0.202 e. The first-order valence-electron chi connectivity index (χ1n) is 5.00. The monoisotopic (exact) mass is 221 g/mol. The number of imidazole rings is 1. The van der Waals surface area contributed by atoms with E-state index in [0.717, 1.165) is 24.6 Å². The Bertz CT molecular complexity index is 417. The molecule has 1 N–H and O–H groups in total. The lowest BCUT2D eigenvalue weighted by Gasteiger charge is -2.04. The fourth-order valence-electron chi connectivity index (χ4n) is 1.53. The van der Waals surface area contributed by atoms with E-state index >= 15 is 0 Å². The van der Waals surface area contributed by atoms with E-state index in [1.54, 1.807) is 11.3 Å². The molecule has 0 bridgehead atoms. The average Bonchev–Trinajstić information content (AvgIpc) is 2.77. The van der Waals surface area contributed by atoms with Crippen molar-refractivity contribution in [3.8, 4) is 0 Å². The van der Waals surface area contributed by atoms with Crippen LogP contribution in [0.3, 0.4) is 0 Å². The molecule has 15 heavy (non-hydrogen) atoms. The van der Waals surface area contributed by atoms with Crippen molar-refractivity contribution in [1.82, 2.24) is 9.55 Å². The number of aryl methyl sites for hydroxylation is 2. The van der Waals surface area contributed by atoms with Crippen LogP contribution in [0.5, 0.6) is 0 Å². The van der Waals surface area contributed by atoms with Gasteiger partial charge in [-0.1, -0.05) is 0 Å². The fraction of sp³-hybridized carbons (Fsp3) is 0.364. The Balaban J connectivity index is 1.86. The molecule has 0 saturated heterocycles. The van der Waals surface area contributed by atoms with Crippen LogP contribution < -0.4 is 5.32 Å². The largest absolute Gasteiger partial charge is 0.355 e. The molecule has 0 atom stereocenters. The molecule has 0 fully saturated rings. The predicted molar refractivity (Wildman–Crippen MR) is 64.5 cm³/mol. The smallest absolute Gasteiger partial charge is 0.202 e. The van der Waals surface area contributed by atoms with Gasteiger partial charge in [0.15, 0.2) is 0 Å². The number of nitrogens with zero attached hydrogens (tertiary/aromatic N) is 2. The quantitative estimate of drug-likeness (QED) is 0.859. The van der Waals surface area contributed by atoms with Gasteiger partial charge in [-0.2, -0.15) is 11.3 Å². The summed E-state index contributed by atoms with van der Waals surface area (Å²) in [6, 6.07) is 2.16. The molecule has 0 unspecified atom stereocenters. The summed E-state index contributed by atoms with van der Waals surface area (Å²) in [5.41, 5.74) is 2.44. The molecule has 2 heterocycles. The van der Waals surface area contributed by atoms with Gasteiger partial charge in [-0.15, -0.1) is 0 Å². The molecule has 0 radical (unpaired) electrons. The molecular weight excluding hydrogens is 206 g/mol. The van der Waals surface area contributed by atoms with Crippen LogP contribution in [0, 0.1) is 6.92 Å². The van der Waals surface area contributed by atoms with Crippen molar-refractivity contribution < 1.29 is 0 Å². The van der Waals surface area contributed by atoms with Crippen LogP contribution in [0.2, 0.25) is 0 Å². The highest BCUT2D eigenvalue weighted by Crippen LogP contribution is 2.08. The highest BCUT2D eigenvalue weighted by Gasteiger charge is 2.00. The van der Waals surface area contributed by atoms with Gasteiger partial charge < -0.3 is 9.88 Å². The third-order valence-corrected chi connectivity index (χ3v) is 3.01. The molecule has 4 heteroatoms. The summed E-state index contributed by atoms with van der Waals surface area (Å²) < 4.78 is 2.02. The molecular formula is C11H15N3S. The van der Waals surface area contributed by atoms with Gasteiger partial charge in [-0.3, -0.25) is 0 Å². The van der Waals surface area contributed by atoms with E-state index in [-0.39, 0.29) is 0 Å². The molecule has 0 saturated carbocycles. The number of thiophene rings is 1. The number of rotatable bonds is 4. The second-order valence-corrected chi connectivity index (χ2v) is 4.41. The summed E-state index contributed by atoms with van der Waals surface area (Å²) in [5, 5.41) is 7.63. The SMILES string of the molecule is Cc1cn(C)c(NCCc2ccsc2)n1. The molecule has 0 aliphatic heterocycles. The van der Waals surface area contributed by atoms with Crippen molar-refractivity contribution >= 4 is 17.3 Å². The zero-order chi connectivity index (χ0) is 10.7. The van der Waals surface area contributed by atoms with Crippen molar-refractivity contribution in [2.75, 3.05) is 11.9 Å². The normalized spacial score (nSPS) is 10.5. The Labute approximate surface area is 93.8 Å². The van der Waals surface area contributed by atoms with Crippen molar-refractivity contribution in [3.05, 3.63) is 34.3 Å². The molecule has 0 amide bonds. The molecule has 2 aromatic heterocycles. The second kappa shape index (κ2) is 4.49. The summed E-state index contributed by atoms with van der Waals surface area (Å²) in [7, 11) is 2.01. The highest BCUT2D eigenvalue weighted by atomic mass is 32.1. The van der Waals surface area contributed by atoms with Gasteiger partial charge in [0.25, 0.3) is 0 Å². The zero-order valence-electron chi connectivity index (χ0n) is 9.03. The standard InChI is InChI=1S/C11H15N3S/c1-9-7-14(2)11(13-9)12-5-3-10-4-6-15-8-10/h4,6-8H,3,5H2,1-2H3,(H,12,13). The maximum atomic E-state index is 4.38. The summed E-state index contributed by atoms with van der Waals surface area (Å²) in [4.78, 5) is 4.38. The topological polar surface area (TPSA) is 29.9 Å². The third-order valence-electron chi connectivity index (χ3n) is 2.27. The van der Waals surface area contributed by atoms with Gasteiger partial charge in [0.2, 0.25) is 5.95 Å². The van der Waals surface area contributed by atoms with E-state index in [1.807, 2.05) is 24.7 Å². The predicted octanol–water partition coefficient (Wildman–Crippen LogP) is 2.44. The van der Waals surface area contributed by atoms with Crippen LogP contribution in [0.4, 0.5) is 5.95 Å². The number of aromatic nitrogens is 2. The van der Waals surface area contributed by atoms with Crippen LogP contribution in [0.1, 0.15) is 11.3 Å². The van der Waals surface area contributed by atoms with Crippen LogP contribution >= 0.6 is 11.3 Å². The first-order chi connectivity index (χ1) is 7.25. The molecule has 0 spiro atoms. The minimum Gasteiger partial charge on any atom is -0.355 e. The molecule has 3 nitrogen and oxygen atoms in total. The minimum atomic E-state index is 0.932. The van der Waals surface area contributed by atoms with E-state index in [0.29, 0.717) is 0 Å². The Hall–Kier alpha value is -1.29. The number of hydrogen-bond acceptors (Lipinski definition) is 3. The first kappa shape index (κ1) is 10.2. The lowest BCUT2D eigenvalue weighted by atomic mass is 10.2. The second-order valence-electron chi connectivity index (χ2n) is 3.63. The lowest BCUT2D eigenvalue weighted by Crippen LogP contribution is -2.08. The fourth-order valence-corrected chi connectivity index (χ4v) is 2.24. The first-order valence-corrected chi connectivity index (χ1v) is 5.95. The van der Waals surface area contributed by atoms with Gasteiger partial charge >= 0.3 is 0 Å². The molecule has 2 rings (SSSR count). The van der Waals surface area contributed by atoms with Crippen molar-refractivity contribution in [2.45, 2.75) is 13.3 Å². The summed E-state index contributed by atoms with van der Waals surface area (Å²) in [6.07, 6.45) is 3.07. The van der Waals surface area contributed by atoms with E-state index in [2.05, 4.69) is 27.1 Å². The van der Waals surface area contributed by atoms with Crippen molar-refractivity contribution in [1.29, 1.82) is 0 Å². The Kier molecular flexibility index (Phi) is 3.06. The van der Waals surface area contributed by atoms with E-state index in [9.17, 15) is 0 Å². The molecule has 0 aliphatic rings. The average molecular weight is 221 g/mol. The summed E-state index contributed by atoms with van der Waals surface area (Å²) >= 11 is 1.74. The van der Waals surface area contributed by atoms with Gasteiger partial charge in [-0.05, 0) is 35.7 Å². The minimum absolute atomic E-state index is 0.932. The van der Waals surface area contributed by atoms with Gasteiger partial charge in [0.05, 0.1) is 5.69 Å². The molecule has 2 aromatic rings. The maximum absolute atomic E-state index is 4.38. The van der Waals surface area contributed by atoms with E-state index in [1.165, 1.54) is 5.56 Å². The zero-order valence-corrected chi connectivity index (χ0v) is 9.84. The lowest BCUT2D eigenvalue weighted by molar-refractivity contribution is 0.890. The highest BCUT2D eigenvalue weighted by molar-refractivity contribution is 7.07.